The van der Waals surface area contributed by atoms with Crippen LogP contribution in [0.4, 0.5) is 5.69 Å². The van der Waals surface area contributed by atoms with Gasteiger partial charge in [-0.15, -0.1) is 0 Å². The summed E-state index contributed by atoms with van der Waals surface area (Å²) in [5, 5.41) is 11.8. The Kier molecular flexibility index (Phi) is 1.70. The number of hydrogen-bond acceptors (Lipinski definition) is 2. The van der Waals surface area contributed by atoms with Gasteiger partial charge in [-0.1, -0.05) is 11.6 Å². The van der Waals surface area contributed by atoms with Crippen LogP contribution in [0.5, 0.6) is 0 Å². The molecule has 4 nitrogen and oxygen atoms in total. The van der Waals surface area contributed by atoms with E-state index in [1.54, 1.807) is 12.3 Å². The zero-order valence-corrected chi connectivity index (χ0v) is 7.21. The van der Waals surface area contributed by atoms with E-state index in [4.69, 9.17) is 11.6 Å². The number of aromatic amines is 1. The van der Waals surface area contributed by atoms with Crippen molar-refractivity contribution in [3.8, 4) is 0 Å². The van der Waals surface area contributed by atoms with E-state index in [0.717, 1.165) is 5.39 Å². The first-order valence-corrected chi connectivity index (χ1v) is 3.97. The number of aromatic nitrogens is 1. The van der Waals surface area contributed by atoms with Crippen LogP contribution in [0.2, 0.25) is 5.02 Å². The van der Waals surface area contributed by atoms with Gasteiger partial charge in [0.2, 0.25) is 0 Å². The first kappa shape index (κ1) is 8.07. The third kappa shape index (κ3) is 1.25. The van der Waals surface area contributed by atoms with Gasteiger partial charge in [0.25, 0.3) is 5.69 Å². The monoisotopic (exact) mass is 196 g/mol. The van der Waals surface area contributed by atoms with Crippen molar-refractivity contribution < 1.29 is 4.92 Å². The molecule has 0 fully saturated rings. The van der Waals surface area contributed by atoms with Crippen molar-refractivity contribution >= 4 is 28.2 Å². The Morgan fingerprint density at radius 2 is 2.23 bits per heavy atom. The van der Waals surface area contributed by atoms with Crippen LogP contribution in [-0.2, 0) is 0 Å². The van der Waals surface area contributed by atoms with Crippen LogP contribution in [-0.4, -0.2) is 9.91 Å². The van der Waals surface area contributed by atoms with Crippen molar-refractivity contribution in [2.24, 2.45) is 0 Å². The van der Waals surface area contributed by atoms with Crippen molar-refractivity contribution in [2.75, 3.05) is 0 Å². The van der Waals surface area contributed by atoms with E-state index in [1.165, 1.54) is 12.1 Å². The lowest BCUT2D eigenvalue weighted by atomic mass is 10.2. The van der Waals surface area contributed by atoms with Crippen LogP contribution in [0.25, 0.3) is 10.9 Å². The summed E-state index contributed by atoms with van der Waals surface area (Å²) in [5.74, 6) is 0. The van der Waals surface area contributed by atoms with Gasteiger partial charge in [0.15, 0.2) is 0 Å². The van der Waals surface area contributed by atoms with E-state index in [1.807, 2.05) is 0 Å². The summed E-state index contributed by atoms with van der Waals surface area (Å²) < 4.78 is 0. The molecule has 0 aliphatic rings. The largest absolute Gasteiger partial charge is 0.360 e. The van der Waals surface area contributed by atoms with E-state index in [2.05, 4.69) is 4.98 Å². The fourth-order valence-electron chi connectivity index (χ4n) is 1.19. The van der Waals surface area contributed by atoms with Crippen LogP contribution < -0.4 is 0 Å². The predicted octanol–water partition coefficient (Wildman–Crippen LogP) is 2.73. The fourth-order valence-corrected chi connectivity index (χ4v) is 1.41. The molecule has 5 heteroatoms. The summed E-state index contributed by atoms with van der Waals surface area (Å²) in [7, 11) is 0. The highest BCUT2D eigenvalue weighted by Gasteiger charge is 2.08. The minimum absolute atomic E-state index is 0.0611. The van der Waals surface area contributed by atoms with Crippen LogP contribution in [0, 0.1) is 10.1 Å². The maximum atomic E-state index is 10.4. The Labute approximate surface area is 78.3 Å². The Hall–Kier alpha value is -1.55. The van der Waals surface area contributed by atoms with Crippen molar-refractivity contribution in [3.05, 3.63) is 39.5 Å². The molecular formula is C8H5ClN2O2. The van der Waals surface area contributed by atoms with E-state index in [9.17, 15) is 10.1 Å². The molecule has 0 aliphatic heterocycles. The summed E-state index contributed by atoms with van der Waals surface area (Å²) in [6.07, 6.45) is 1.61. The number of non-ortho nitro benzene ring substituents is 1. The molecule has 1 heterocycles. The second-order valence-corrected chi connectivity index (χ2v) is 3.03. The SMILES string of the molecule is O=[N+]([O-])c1ccc2c(Cl)c[nH]c2c1. The molecule has 1 aromatic heterocycles. The fraction of sp³-hybridized carbons (Fsp3) is 0. The number of nitro benzene ring substituents is 1. The Balaban J connectivity index is 2.70. The smallest absolute Gasteiger partial charge is 0.271 e. The van der Waals surface area contributed by atoms with E-state index in [0.29, 0.717) is 10.5 Å². The molecule has 0 bridgehead atoms. The van der Waals surface area contributed by atoms with E-state index in [-0.39, 0.29) is 5.69 Å². The van der Waals surface area contributed by atoms with Gasteiger partial charge in [0, 0.05) is 23.7 Å². The minimum atomic E-state index is -0.436. The number of H-pyrrole nitrogens is 1. The highest BCUT2D eigenvalue weighted by molar-refractivity contribution is 6.35. The number of nitrogens with one attached hydrogen (secondary N) is 1. The molecule has 0 saturated heterocycles. The molecule has 66 valence electrons. The molecule has 0 amide bonds. The van der Waals surface area contributed by atoms with Crippen molar-refractivity contribution in [1.29, 1.82) is 0 Å². The third-order valence-corrected chi connectivity index (χ3v) is 2.14. The number of nitro groups is 1. The normalized spacial score (nSPS) is 10.5. The zero-order valence-electron chi connectivity index (χ0n) is 6.45. The summed E-state index contributed by atoms with van der Waals surface area (Å²) in [6.45, 7) is 0. The molecule has 0 unspecified atom stereocenters. The third-order valence-electron chi connectivity index (χ3n) is 1.83. The molecule has 0 atom stereocenters. The van der Waals surface area contributed by atoms with Gasteiger partial charge in [-0.2, -0.15) is 0 Å². The molecule has 0 aliphatic carbocycles. The molecule has 13 heavy (non-hydrogen) atoms. The highest BCUT2D eigenvalue weighted by atomic mass is 35.5. The van der Waals surface area contributed by atoms with Gasteiger partial charge in [-0.3, -0.25) is 10.1 Å². The van der Waals surface area contributed by atoms with Crippen LogP contribution >= 0.6 is 11.6 Å². The van der Waals surface area contributed by atoms with Crippen molar-refractivity contribution in [1.82, 2.24) is 4.98 Å². The minimum Gasteiger partial charge on any atom is -0.360 e. The molecule has 1 N–H and O–H groups in total. The summed E-state index contributed by atoms with van der Waals surface area (Å²) in [4.78, 5) is 12.8. The number of rotatable bonds is 1. The Morgan fingerprint density at radius 3 is 2.92 bits per heavy atom. The number of benzene rings is 1. The molecule has 1 aromatic carbocycles. The highest BCUT2D eigenvalue weighted by Crippen LogP contribution is 2.25. The summed E-state index contributed by atoms with van der Waals surface area (Å²) in [5.41, 5.74) is 0.741. The number of nitrogens with zero attached hydrogens (tertiary/aromatic N) is 1. The van der Waals surface area contributed by atoms with Gasteiger partial charge in [-0.05, 0) is 6.07 Å². The number of hydrogen-bond donors (Lipinski definition) is 1. The summed E-state index contributed by atoms with van der Waals surface area (Å²) in [6, 6.07) is 4.52. The molecule has 2 aromatic rings. The maximum Gasteiger partial charge on any atom is 0.271 e. The van der Waals surface area contributed by atoms with Crippen LogP contribution in [0.15, 0.2) is 24.4 Å². The molecule has 2 rings (SSSR count). The lowest BCUT2D eigenvalue weighted by Gasteiger charge is -1.91. The van der Waals surface area contributed by atoms with Gasteiger partial charge < -0.3 is 4.98 Å². The topological polar surface area (TPSA) is 58.9 Å². The average Bonchev–Trinajstić information content (AvgIpc) is 2.47. The number of fused-ring (bicyclic) bond motifs is 1. The van der Waals surface area contributed by atoms with E-state index < -0.39 is 4.92 Å². The maximum absolute atomic E-state index is 10.4. The second kappa shape index (κ2) is 2.74. The van der Waals surface area contributed by atoms with E-state index >= 15 is 0 Å². The lowest BCUT2D eigenvalue weighted by Crippen LogP contribution is -1.86. The molecular weight excluding hydrogens is 192 g/mol. The van der Waals surface area contributed by atoms with Gasteiger partial charge >= 0.3 is 0 Å². The Bertz CT molecular complexity index is 478. The van der Waals surface area contributed by atoms with Crippen molar-refractivity contribution in [2.45, 2.75) is 0 Å². The molecule has 0 radical (unpaired) electrons. The van der Waals surface area contributed by atoms with Crippen LogP contribution in [0.3, 0.4) is 0 Å². The lowest BCUT2D eigenvalue weighted by molar-refractivity contribution is -0.384. The van der Waals surface area contributed by atoms with Gasteiger partial charge in [0.1, 0.15) is 0 Å². The number of halogens is 1. The zero-order chi connectivity index (χ0) is 9.42. The second-order valence-electron chi connectivity index (χ2n) is 2.62. The standard InChI is InChI=1S/C8H5ClN2O2/c9-7-4-10-8-3-5(11(12)13)1-2-6(7)8/h1-4,10H. The molecule has 0 spiro atoms. The quantitative estimate of drug-likeness (QED) is 0.563. The average molecular weight is 197 g/mol. The predicted molar refractivity (Wildman–Crippen MR) is 50.0 cm³/mol. The van der Waals surface area contributed by atoms with Gasteiger partial charge in [0.05, 0.1) is 15.5 Å². The Morgan fingerprint density at radius 1 is 1.46 bits per heavy atom. The van der Waals surface area contributed by atoms with Crippen LogP contribution in [0.1, 0.15) is 0 Å². The molecule has 0 saturated carbocycles. The first-order valence-electron chi connectivity index (χ1n) is 3.59. The first-order chi connectivity index (χ1) is 6.18. The summed E-state index contributed by atoms with van der Waals surface area (Å²) >= 11 is 5.80. The van der Waals surface area contributed by atoms with Gasteiger partial charge in [-0.25, -0.2) is 0 Å². The van der Waals surface area contributed by atoms with Crippen molar-refractivity contribution in [3.63, 3.8) is 0 Å².